The lowest BCUT2D eigenvalue weighted by molar-refractivity contribution is -0.136. The number of hydrogen-bond donors (Lipinski definition) is 2. The summed E-state index contributed by atoms with van der Waals surface area (Å²) in [7, 11) is 0. The summed E-state index contributed by atoms with van der Waals surface area (Å²) in [6.45, 7) is 2.45. The molecule has 0 spiro atoms. The van der Waals surface area contributed by atoms with E-state index in [2.05, 4.69) is 22.1 Å². The van der Waals surface area contributed by atoms with E-state index in [0.29, 0.717) is 12.5 Å². The Balaban J connectivity index is 1.33. The number of nitrogens with zero attached hydrogens (tertiary/aromatic N) is 1. The van der Waals surface area contributed by atoms with Crippen LogP contribution in [0.15, 0.2) is 17.5 Å². The highest BCUT2D eigenvalue weighted by atomic mass is 32.2. The second kappa shape index (κ2) is 9.48. The van der Waals surface area contributed by atoms with Crippen LogP contribution in [0.3, 0.4) is 0 Å². The van der Waals surface area contributed by atoms with Gasteiger partial charge in [0.05, 0.1) is 0 Å². The van der Waals surface area contributed by atoms with Crippen molar-refractivity contribution < 1.29 is 9.59 Å². The van der Waals surface area contributed by atoms with Gasteiger partial charge in [-0.05, 0) is 43.6 Å². The Kier molecular flexibility index (Phi) is 7.04. The lowest BCUT2D eigenvalue weighted by Crippen LogP contribution is -2.47. The number of urea groups is 1. The smallest absolute Gasteiger partial charge is 0.315 e. The predicted molar refractivity (Wildman–Crippen MR) is 104 cm³/mol. The molecule has 1 saturated carbocycles. The summed E-state index contributed by atoms with van der Waals surface area (Å²) < 4.78 is 0. The van der Waals surface area contributed by atoms with E-state index in [-0.39, 0.29) is 18.0 Å². The average molecular weight is 382 g/mol. The van der Waals surface area contributed by atoms with Crippen molar-refractivity contribution in [1.82, 2.24) is 15.5 Å². The molecule has 25 heavy (non-hydrogen) atoms. The molecular formula is C18H27N3O2S2. The van der Waals surface area contributed by atoms with Gasteiger partial charge >= 0.3 is 6.03 Å². The minimum absolute atomic E-state index is 0.0839. The van der Waals surface area contributed by atoms with Gasteiger partial charge < -0.3 is 15.5 Å². The average Bonchev–Trinajstić information content (AvgIpc) is 3.16. The first-order valence-corrected chi connectivity index (χ1v) is 11.2. The molecule has 0 aromatic carbocycles. The van der Waals surface area contributed by atoms with E-state index < -0.39 is 0 Å². The zero-order valence-electron chi connectivity index (χ0n) is 14.5. The van der Waals surface area contributed by atoms with Gasteiger partial charge in [-0.1, -0.05) is 6.07 Å². The fraction of sp³-hybridized carbons (Fsp3) is 0.667. The quantitative estimate of drug-likeness (QED) is 0.824. The molecule has 1 aromatic rings. The molecule has 2 aliphatic rings. The van der Waals surface area contributed by atoms with Gasteiger partial charge in [0, 0.05) is 48.0 Å². The molecule has 0 atom stereocenters. The topological polar surface area (TPSA) is 61.4 Å². The number of hydrogen-bond acceptors (Lipinski definition) is 4. The molecule has 2 heterocycles. The Bertz CT molecular complexity index is 551. The first-order valence-electron chi connectivity index (χ1n) is 9.15. The largest absolute Gasteiger partial charge is 0.341 e. The lowest BCUT2D eigenvalue weighted by Gasteiger charge is -2.34. The fourth-order valence-corrected chi connectivity index (χ4v) is 5.13. The van der Waals surface area contributed by atoms with Crippen molar-refractivity contribution in [3.8, 4) is 0 Å². The summed E-state index contributed by atoms with van der Waals surface area (Å²) in [4.78, 5) is 27.9. The molecule has 1 aliphatic carbocycles. The van der Waals surface area contributed by atoms with E-state index in [9.17, 15) is 9.59 Å². The molecule has 0 radical (unpaired) electrons. The van der Waals surface area contributed by atoms with Gasteiger partial charge in [0.2, 0.25) is 5.91 Å². The summed E-state index contributed by atoms with van der Waals surface area (Å²) in [5.41, 5.74) is 0. The van der Waals surface area contributed by atoms with E-state index in [1.807, 2.05) is 22.7 Å². The third-order valence-electron chi connectivity index (χ3n) is 4.97. The summed E-state index contributed by atoms with van der Waals surface area (Å²) in [6.07, 6.45) is 4.46. The number of carbonyl (C=O) groups is 2. The molecule has 2 fully saturated rings. The molecule has 1 aliphatic heterocycles. The SMILES string of the molecule is O=C(NCCc1cccs1)NC1CCC(C(=O)N2CCSCC2)CC1. The second-order valence-corrected chi connectivity index (χ2v) is 8.97. The lowest BCUT2D eigenvalue weighted by atomic mass is 9.85. The number of amides is 3. The number of carbonyl (C=O) groups excluding carboxylic acids is 2. The highest BCUT2D eigenvalue weighted by molar-refractivity contribution is 7.99. The maximum Gasteiger partial charge on any atom is 0.315 e. The molecule has 1 saturated heterocycles. The van der Waals surface area contributed by atoms with Crippen molar-refractivity contribution >= 4 is 35.0 Å². The molecule has 3 amide bonds. The third-order valence-corrected chi connectivity index (χ3v) is 6.85. The molecule has 2 N–H and O–H groups in total. The van der Waals surface area contributed by atoms with Crippen LogP contribution in [0.5, 0.6) is 0 Å². The maximum absolute atomic E-state index is 12.6. The molecular weight excluding hydrogens is 354 g/mol. The Hall–Kier alpha value is -1.21. The van der Waals surface area contributed by atoms with Crippen molar-refractivity contribution in [3.63, 3.8) is 0 Å². The van der Waals surface area contributed by atoms with Gasteiger partial charge in [0.25, 0.3) is 0 Å². The predicted octanol–water partition coefficient (Wildman–Crippen LogP) is 2.72. The first kappa shape index (κ1) is 18.6. The highest BCUT2D eigenvalue weighted by Crippen LogP contribution is 2.27. The number of nitrogens with one attached hydrogen (secondary N) is 2. The first-order chi connectivity index (χ1) is 12.2. The zero-order chi connectivity index (χ0) is 17.5. The van der Waals surface area contributed by atoms with E-state index >= 15 is 0 Å². The number of rotatable bonds is 5. The Morgan fingerprint density at radius 3 is 2.60 bits per heavy atom. The van der Waals surface area contributed by atoms with Crippen LogP contribution in [0, 0.1) is 5.92 Å². The van der Waals surface area contributed by atoms with Gasteiger partial charge in [-0.15, -0.1) is 11.3 Å². The monoisotopic (exact) mass is 381 g/mol. The second-order valence-electron chi connectivity index (χ2n) is 6.72. The van der Waals surface area contributed by atoms with Crippen LogP contribution >= 0.6 is 23.1 Å². The van der Waals surface area contributed by atoms with Crippen molar-refractivity contribution in [2.75, 3.05) is 31.1 Å². The van der Waals surface area contributed by atoms with Crippen molar-refractivity contribution in [2.24, 2.45) is 5.92 Å². The van der Waals surface area contributed by atoms with E-state index in [4.69, 9.17) is 0 Å². The van der Waals surface area contributed by atoms with Crippen LogP contribution in [-0.2, 0) is 11.2 Å². The van der Waals surface area contributed by atoms with Crippen LogP contribution in [0.4, 0.5) is 4.79 Å². The van der Waals surface area contributed by atoms with Gasteiger partial charge in [-0.25, -0.2) is 4.79 Å². The van der Waals surface area contributed by atoms with Crippen LogP contribution in [0.25, 0.3) is 0 Å². The van der Waals surface area contributed by atoms with Crippen molar-refractivity contribution in [1.29, 1.82) is 0 Å². The van der Waals surface area contributed by atoms with E-state index in [0.717, 1.165) is 56.7 Å². The van der Waals surface area contributed by atoms with Crippen LogP contribution < -0.4 is 10.6 Å². The van der Waals surface area contributed by atoms with Gasteiger partial charge in [0.15, 0.2) is 0 Å². The van der Waals surface area contributed by atoms with E-state index in [1.54, 1.807) is 11.3 Å². The molecule has 138 valence electrons. The Morgan fingerprint density at radius 1 is 1.16 bits per heavy atom. The minimum Gasteiger partial charge on any atom is -0.341 e. The van der Waals surface area contributed by atoms with Gasteiger partial charge in [0.1, 0.15) is 0 Å². The Morgan fingerprint density at radius 2 is 1.92 bits per heavy atom. The van der Waals surface area contributed by atoms with Crippen LogP contribution in [0.2, 0.25) is 0 Å². The normalized spacial score (nSPS) is 23.9. The van der Waals surface area contributed by atoms with Crippen molar-refractivity contribution in [2.45, 2.75) is 38.1 Å². The van der Waals surface area contributed by atoms with Crippen LogP contribution in [0.1, 0.15) is 30.6 Å². The summed E-state index contributed by atoms with van der Waals surface area (Å²) in [5, 5.41) is 8.05. The molecule has 0 bridgehead atoms. The van der Waals surface area contributed by atoms with Crippen molar-refractivity contribution in [3.05, 3.63) is 22.4 Å². The van der Waals surface area contributed by atoms with Gasteiger partial charge in [-0.2, -0.15) is 11.8 Å². The summed E-state index contributed by atoms with van der Waals surface area (Å²) in [5.74, 6) is 2.62. The molecule has 1 aromatic heterocycles. The minimum atomic E-state index is -0.0839. The highest BCUT2D eigenvalue weighted by Gasteiger charge is 2.30. The van der Waals surface area contributed by atoms with E-state index in [1.165, 1.54) is 4.88 Å². The molecule has 7 heteroatoms. The van der Waals surface area contributed by atoms with Gasteiger partial charge in [-0.3, -0.25) is 4.79 Å². The third kappa shape index (κ3) is 5.64. The maximum atomic E-state index is 12.6. The fourth-order valence-electron chi connectivity index (χ4n) is 3.52. The standard InChI is InChI=1S/C18H27N3O2S2/c22-17(21-9-12-24-13-10-21)14-3-5-15(6-4-14)20-18(23)19-8-7-16-2-1-11-25-16/h1-2,11,14-15H,3-10,12-13H2,(H2,19,20,23). The Labute approximate surface area is 157 Å². The van der Waals surface area contributed by atoms with Crippen LogP contribution in [-0.4, -0.2) is 54.0 Å². The summed E-state index contributed by atoms with van der Waals surface area (Å²) in [6, 6.07) is 4.23. The molecule has 3 rings (SSSR count). The number of thioether (sulfide) groups is 1. The number of thiophene rings is 1. The summed E-state index contributed by atoms with van der Waals surface area (Å²) >= 11 is 3.64. The molecule has 0 unspecified atom stereocenters. The molecule has 5 nitrogen and oxygen atoms in total. The zero-order valence-corrected chi connectivity index (χ0v) is 16.2.